The molecule has 6 nitrogen and oxygen atoms in total. The number of hydrogen-bond donors (Lipinski definition) is 2. The van der Waals surface area contributed by atoms with Crippen molar-refractivity contribution in [2.45, 2.75) is 26.7 Å². The molecule has 0 aliphatic heterocycles. The Morgan fingerprint density at radius 1 is 1.32 bits per heavy atom. The fourth-order valence-corrected chi connectivity index (χ4v) is 1.86. The second kappa shape index (κ2) is 5.09. The third kappa shape index (κ3) is 2.42. The van der Waals surface area contributed by atoms with Crippen LogP contribution in [0.4, 0.5) is 5.69 Å². The van der Waals surface area contributed by atoms with Gasteiger partial charge in [0, 0.05) is 18.4 Å². The van der Waals surface area contributed by atoms with E-state index in [1.165, 1.54) is 0 Å². The Balaban J connectivity index is 2.52. The van der Waals surface area contributed by atoms with E-state index < -0.39 is 5.91 Å². The first-order valence-electron chi connectivity index (χ1n) is 6.21. The first-order valence-corrected chi connectivity index (χ1v) is 6.21. The zero-order valence-electron chi connectivity index (χ0n) is 11.1. The molecule has 6 heteroatoms. The van der Waals surface area contributed by atoms with E-state index in [2.05, 4.69) is 10.1 Å². The van der Waals surface area contributed by atoms with Gasteiger partial charge in [-0.3, -0.25) is 4.79 Å². The van der Waals surface area contributed by atoms with Crippen LogP contribution in [0.2, 0.25) is 0 Å². The van der Waals surface area contributed by atoms with Gasteiger partial charge in [0.1, 0.15) is 5.82 Å². The second-order valence-electron chi connectivity index (χ2n) is 4.20. The van der Waals surface area contributed by atoms with E-state index in [1.54, 1.807) is 22.9 Å². The lowest BCUT2D eigenvalue weighted by atomic mass is 10.1. The predicted molar refractivity (Wildman–Crippen MR) is 73.0 cm³/mol. The van der Waals surface area contributed by atoms with Crippen LogP contribution < -0.4 is 11.5 Å². The fourth-order valence-electron chi connectivity index (χ4n) is 1.86. The van der Waals surface area contributed by atoms with Crippen molar-refractivity contribution in [2.75, 3.05) is 5.73 Å². The second-order valence-corrected chi connectivity index (χ2v) is 4.20. The van der Waals surface area contributed by atoms with Gasteiger partial charge in [-0.05, 0) is 18.2 Å². The molecular weight excluding hydrogens is 242 g/mol. The topological polar surface area (TPSA) is 99.8 Å². The minimum absolute atomic E-state index is 0.384. The quantitative estimate of drug-likeness (QED) is 0.802. The standard InChI is InChI=1S/C13H17N5O/c1-3-11-16-12(4-2)18(17-11)10-6-5-8(13(15)19)7-9(10)14/h5-7H,3-4,14H2,1-2H3,(H2,15,19). The average molecular weight is 259 g/mol. The zero-order chi connectivity index (χ0) is 14.0. The number of primary amides is 1. The van der Waals surface area contributed by atoms with E-state index in [-0.39, 0.29) is 0 Å². The molecule has 4 N–H and O–H groups in total. The molecule has 1 heterocycles. The first-order chi connectivity index (χ1) is 9.06. The van der Waals surface area contributed by atoms with Crippen LogP contribution in [0.25, 0.3) is 5.69 Å². The highest BCUT2D eigenvalue weighted by Gasteiger charge is 2.12. The van der Waals surface area contributed by atoms with Crippen molar-refractivity contribution in [3.63, 3.8) is 0 Å². The molecular formula is C13H17N5O. The van der Waals surface area contributed by atoms with Crippen molar-refractivity contribution in [3.05, 3.63) is 35.4 Å². The zero-order valence-corrected chi connectivity index (χ0v) is 11.1. The summed E-state index contributed by atoms with van der Waals surface area (Å²) in [6.07, 6.45) is 1.52. The van der Waals surface area contributed by atoms with Gasteiger partial charge < -0.3 is 11.5 Å². The Bertz CT molecular complexity index is 617. The third-order valence-electron chi connectivity index (χ3n) is 2.89. The lowest BCUT2D eigenvalue weighted by Gasteiger charge is -2.08. The van der Waals surface area contributed by atoms with E-state index in [9.17, 15) is 4.79 Å². The molecule has 0 atom stereocenters. The van der Waals surface area contributed by atoms with Gasteiger partial charge >= 0.3 is 0 Å². The predicted octanol–water partition coefficient (Wildman–Crippen LogP) is 1.07. The molecule has 1 aromatic heterocycles. The molecule has 0 saturated heterocycles. The van der Waals surface area contributed by atoms with Gasteiger partial charge in [-0.25, -0.2) is 9.67 Å². The fraction of sp³-hybridized carbons (Fsp3) is 0.308. The minimum atomic E-state index is -0.498. The van der Waals surface area contributed by atoms with Crippen molar-refractivity contribution < 1.29 is 4.79 Å². The Morgan fingerprint density at radius 2 is 2.05 bits per heavy atom. The van der Waals surface area contributed by atoms with Crippen LogP contribution in [-0.2, 0) is 12.8 Å². The van der Waals surface area contributed by atoms with Crippen LogP contribution in [0.5, 0.6) is 0 Å². The molecule has 1 aromatic carbocycles. The number of amides is 1. The van der Waals surface area contributed by atoms with Crippen molar-refractivity contribution in [3.8, 4) is 5.69 Å². The summed E-state index contributed by atoms with van der Waals surface area (Å²) in [5.74, 6) is 1.12. The molecule has 0 fully saturated rings. The molecule has 0 radical (unpaired) electrons. The maximum atomic E-state index is 11.1. The highest BCUT2D eigenvalue weighted by atomic mass is 16.1. The molecule has 2 rings (SSSR count). The molecule has 100 valence electrons. The van der Waals surface area contributed by atoms with E-state index in [0.717, 1.165) is 24.5 Å². The van der Waals surface area contributed by atoms with Crippen LogP contribution in [-0.4, -0.2) is 20.7 Å². The van der Waals surface area contributed by atoms with Crippen molar-refractivity contribution in [1.82, 2.24) is 14.8 Å². The number of hydrogen-bond acceptors (Lipinski definition) is 4. The Kier molecular flexibility index (Phi) is 3.50. The molecule has 1 amide bonds. The highest BCUT2D eigenvalue weighted by Crippen LogP contribution is 2.20. The number of nitrogens with zero attached hydrogens (tertiary/aromatic N) is 3. The summed E-state index contributed by atoms with van der Waals surface area (Å²) in [7, 11) is 0. The number of nitrogen functional groups attached to an aromatic ring is 1. The lowest BCUT2D eigenvalue weighted by Crippen LogP contribution is -2.12. The van der Waals surface area contributed by atoms with Crippen LogP contribution in [0.1, 0.15) is 35.9 Å². The number of benzene rings is 1. The summed E-state index contributed by atoms with van der Waals surface area (Å²) < 4.78 is 1.72. The lowest BCUT2D eigenvalue weighted by molar-refractivity contribution is 0.100. The van der Waals surface area contributed by atoms with Gasteiger partial charge in [0.2, 0.25) is 5.91 Å². The summed E-state index contributed by atoms with van der Waals surface area (Å²) in [5.41, 5.74) is 12.8. The van der Waals surface area contributed by atoms with Crippen LogP contribution >= 0.6 is 0 Å². The molecule has 0 saturated carbocycles. The molecule has 0 unspecified atom stereocenters. The highest BCUT2D eigenvalue weighted by molar-refractivity contribution is 5.94. The van der Waals surface area contributed by atoms with Gasteiger partial charge in [0.05, 0.1) is 11.4 Å². The number of anilines is 1. The normalized spacial score (nSPS) is 10.6. The number of carbonyl (C=O) groups is 1. The smallest absolute Gasteiger partial charge is 0.248 e. The average Bonchev–Trinajstić information content (AvgIpc) is 2.81. The van der Waals surface area contributed by atoms with Gasteiger partial charge in [0.25, 0.3) is 0 Å². The van der Waals surface area contributed by atoms with Gasteiger partial charge in [-0.2, -0.15) is 5.10 Å². The van der Waals surface area contributed by atoms with Gasteiger partial charge in [-0.1, -0.05) is 13.8 Å². The van der Waals surface area contributed by atoms with Crippen molar-refractivity contribution >= 4 is 11.6 Å². The van der Waals surface area contributed by atoms with Crippen LogP contribution in [0.3, 0.4) is 0 Å². The van der Waals surface area contributed by atoms with E-state index in [0.29, 0.717) is 16.9 Å². The number of carbonyl (C=O) groups excluding carboxylic acids is 1. The summed E-state index contributed by atoms with van der Waals surface area (Å²) >= 11 is 0. The number of rotatable bonds is 4. The number of nitrogens with two attached hydrogens (primary N) is 2. The molecule has 0 bridgehead atoms. The Labute approximate surface area is 111 Å². The van der Waals surface area contributed by atoms with Gasteiger partial charge in [-0.15, -0.1) is 0 Å². The maximum Gasteiger partial charge on any atom is 0.248 e. The summed E-state index contributed by atoms with van der Waals surface area (Å²) in [5, 5.41) is 4.41. The van der Waals surface area contributed by atoms with Crippen LogP contribution in [0, 0.1) is 0 Å². The van der Waals surface area contributed by atoms with Crippen molar-refractivity contribution in [1.29, 1.82) is 0 Å². The van der Waals surface area contributed by atoms with E-state index in [1.807, 2.05) is 13.8 Å². The molecule has 2 aromatic rings. The Hall–Kier alpha value is -2.37. The Morgan fingerprint density at radius 3 is 2.58 bits per heavy atom. The molecule has 0 aliphatic rings. The third-order valence-corrected chi connectivity index (χ3v) is 2.89. The molecule has 0 aliphatic carbocycles. The number of aryl methyl sites for hydroxylation is 2. The first kappa shape index (κ1) is 13.1. The number of aromatic nitrogens is 3. The van der Waals surface area contributed by atoms with Gasteiger partial charge in [0.15, 0.2) is 5.82 Å². The minimum Gasteiger partial charge on any atom is -0.397 e. The van der Waals surface area contributed by atoms with E-state index >= 15 is 0 Å². The van der Waals surface area contributed by atoms with E-state index in [4.69, 9.17) is 11.5 Å². The summed E-state index contributed by atoms with van der Waals surface area (Å²) in [4.78, 5) is 15.5. The molecule has 19 heavy (non-hydrogen) atoms. The maximum absolute atomic E-state index is 11.1. The van der Waals surface area contributed by atoms with Crippen LogP contribution in [0.15, 0.2) is 18.2 Å². The molecule has 0 spiro atoms. The summed E-state index contributed by atoms with van der Waals surface area (Å²) in [6, 6.07) is 4.94. The van der Waals surface area contributed by atoms with Crippen molar-refractivity contribution in [2.24, 2.45) is 5.73 Å². The summed E-state index contributed by atoms with van der Waals surface area (Å²) in [6.45, 7) is 4.01. The SMILES string of the molecule is CCc1nc(CC)n(-c2ccc(C(N)=O)cc2N)n1. The largest absolute Gasteiger partial charge is 0.397 e. The monoisotopic (exact) mass is 259 g/mol.